The normalized spacial score (nSPS) is 10.2. The van der Waals surface area contributed by atoms with Crippen LogP contribution in [-0.2, 0) is 16.1 Å². The molecule has 26 heavy (non-hydrogen) atoms. The van der Waals surface area contributed by atoms with E-state index in [1.807, 2.05) is 12.1 Å². The van der Waals surface area contributed by atoms with Crippen LogP contribution >= 0.6 is 0 Å². The van der Waals surface area contributed by atoms with E-state index < -0.39 is 11.9 Å². The summed E-state index contributed by atoms with van der Waals surface area (Å²) in [5.41, 5.74) is 2.49. The van der Waals surface area contributed by atoms with E-state index in [4.69, 9.17) is 29.0 Å². The van der Waals surface area contributed by atoms with Crippen molar-refractivity contribution >= 4 is 11.9 Å². The van der Waals surface area contributed by atoms with Crippen LogP contribution in [0.4, 0.5) is 0 Å². The summed E-state index contributed by atoms with van der Waals surface area (Å²) >= 11 is 0. The van der Waals surface area contributed by atoms with Crippen molar-refractivity contribution in [3.63, 3.8) is 0 Å². The average molecular weight is 363 g/mol. The molecule has 0 bridgehead atoms. The number of carboxylic acids is 2. The molecule has 0 saturated heterocycles. The molecule has 0 aliphatic heterocycles. The first-order valence-electron chi connectivity index (χ1n) is 8.24. The first-order chi connectivity index (χ1) is 12.3. The van der Waals surface area contributed by atoms with Crippen LogP contribution in [0.1, 0.15) is 36.7 Å². The van der Waals surface area contributed by atoms with Gasteiger partial charge in [-0.2, -0.15) is 0 Å². The number of furan rings is 1. The number of benzene rings is 1. The first kappa shape index (κ1) is 21.2. The van der Waals surface area contributed by atoms with Gasteiger partial charge in [0.05, 0.1) is 12.8 Å². The molecular weight excluding hydrogens is 338 g/mol. The van der Waals surface area contributed by atoms with Crippen LogP contribution in [0.3, 0.4) is 0 Å². The molecule has 0 saturated carbocycles. The van der Waals surface area contributed by atoms with Gasteiger partial charge in [-0.3, -0.25) is 0 Å². The van der Waals surface area contributed by atoms with Crippen molar-refractivity contribution in [2.75, 3.05) is 13.2 Å². The molecule has 3 N–H and O–H groups in total. The van der Waals surface area contributed by atoms with Crippen LogP contribution in [-0.4, -0.2) is 35.3 Å². The molecule has 0 aliphatic carbocycles. The number of carbonyl (C=O) groups is 2. The fraction of sp³-hybridized carbons (Fsp3) is 0.368. The maximum atomic E-state index is 9.10. The number of rotatable bonds is 7. The lowest BCUT2D eigenvalue weighted by molar-refractivity contribution is -0.159. The standard InChI is InChI=1S/C17H23NO2.C2H2O4/c1-13(2)16-7-6-14(3)11-17(16)20-10-8-18-12-15-5-4-9-19-15;3-1(4)2(5)6/h4-7,9,11,13,18H,8,10,12H2,1-3H3;(H,3,4)(H,5,6). The molecule has 0 spiro atoms. The van der Waals surface area contributed by atoms with E-state index in [2.05, 4.69) is 44.3 Å². The monoisotopic (exact) mass is 363 g/mol. The van der Waals surface area contributed by atoms with E-state index in [0.29, 0.717) is 12.5 Å². The minimum absolute atomic E-state index is 0.474. The van der Waals surface area contributed by atoms with Crippen LogP contribution in [0.2, 0.25) is 0 Å². The van der Waals surface area contributed by atoms with Gasteiger partial charge in [0.15, 0.2) is 0 Å². The van der Waals surface area contributed by atoms with Crippen LogP contribution in [0, 0.1) is 6.92 Å². The summed E-state index contributed by atoms with van der Waals surface area (Å²) in [5.74, 6) is -1.23. The second kappa shape index (κ2) is 10.9. The minimum Gasteiger partial charge on any atom is -0.492 e. The third-order valence-electron chi connectivity index (χ3n) is 3.39. The molecule has 0 unspecified atom stereocenters. The number of ether oxygens (including phenoxy) is 1. The van der Waals surface area contributed by atoms with Gasteiger partial charge in [0, 0.05) is 6.54 Å². The van der Waals surface area contributed by atoms with Crippen LogP contribution in [0.25, 0.3) is 0 Å². The second-order valence-corrected chi connectivity index (χ2v) is 5.91. The third-order valence-corrected chi connectivity index (χ3v) is 3.39. The Balaban J connectivity index is 0.000000487. The fourth-order valence-corrected chi connectivity index (χ4v) is 2.10. The topological polar surface area (TPSA) is 109 Å². The Kier molecular flexibility index (Phi) is 8.94. The number of hydrogen-bond donors (Lipinski definition) is 3. The summed E-state index contributed by atoms with van der Waals surface area (Å²) in [6.45, 7) is 8.66. The highest BCUT2D eigenvalue weighted by molar-refractivity contribution is 6.27. The summed E-state index contributed by atoms with van der Waals surface area (Å²) in [7, 11) is 0. The third kappa shape index (κ3) is 7.85. The predicted molar refractivity (Wildman–Crippen MR) is 96.4 cm³/mol. The Hall–Kier alpha value is -2.80. The largest absolute Gasteiger partial charge is 0.492 e. The highest BCUT2D eigenvalue weighted by Gasteiger charge is 2.08. The molecule has 7 heteroatoms. The predicted octanol–water partition coefficient (Wildman–Crippen LogP) is 3.04. The zero-order valence-electron chi connectivity index (χ0n) is 15.2. The fourth-order valence-electron chi connectivity index (χ4n) is 2.10. The van der Waals surface area contributed by atoms with Gasteiger partial charge in [0.1, 0.15) is 18.1 Å². The van der Waals surface area contributed by atoms with Gasteiger partial charge in [0.2, 0.25) is 0 Å². The van der Waals surface area contributed by atoms with E-state index in [1.54, 1.807) is 6.26 Å². The number of aryl methyl sites for hydroxylation is 1. The van der Waals surface area contributed by atoms with Gasteiger partial charge < -0.3 is 24.7 Å². The van der Waals surface area contributed by atoms with Crippen molar-refractivity contribution in [1.82, 2.24) is 5.32 Å². The van der Waals surface area contributed by atoms with E-state index in [9.17, 15) is 0 Å². The lowest BCUT2D eigenvalue weighted by Gasteiger charge is -2.15. The molecule has 2 aromatic rings. The van der Waals surface area contributed by atoms with Gasteiger partial charge in [-0.15, -0.1) is 0 Å². The molecular formula is C19H25NO6. The zero-order chi connectivity index (χ0) is 19.5. The Morgan fingerprint density at radius 3 is 2.42 bits per heavy atom. The number of carboxylic acid groups (broad SMARTS) is 2. The van der Waals surface area contributed by atoms with E-state index in [-0.39, 0.29) is 0 Å². The van der Waals surface area contributed by atoms with E-state index >= 15 is 0 Å². The van der Waals surface area contributed by atoms with Gasteiger partial charge in [-0.25, -0.2) is 9.59 Å². The zero-order valence-corrected chi connectivity index (χ0v) is 15.2. The Morgan fingerprint density at radius 2 is 1.88 bits per heavy atom. The molecule has 0 radical (unpaired) electrons. The van der Waals surface area contributed by atoms with Crippen molar-refractivity contribution in [2.24, 2.45) is 0 Å². The van der Waals surface area contributed by atoms with Crippen molar-refractivity contribution in [1.29, 1.82) is 0 Å². The quantitative estimate of drug-likeness (QED) is 0.512. The number of hydrogen-bond acceptors (Lipinski definition) is 5. The Bertz CT molecular complexity index is 682. The van der Waals surface area contributed by atoms with Gasteiger partial charge in [-0.05, 0) is 42.2 Å². The lowest BCUT2D eigenvalue weighted by Crippen LogP contribution is -2.20. The smallest absolute Gasteiger partial charge is 0.414 e. The highest BCUT2D eigenvalue weighted by atomic mass is 16.5. The van der Waals surface area contributed by atoms with Gasteiger partial charge in [-0.1, -0.05) is 26.0 Å². The van der Waals surface area contributed by atoms with E-state index in [0.717, 1.165) is 24.6 Å². The van der Waals surface area contributed by atoms with Crippen LogP contribution < -0.4 is 10.1 Å². The van der Waals surface area contributed by atoms with Crippen LogP contribution in [0.15, 0.2) is 41.0 Å². The van der Waals surface area contributed by atoms with Crippen molar-refractivity contribution in [3.8, 4) is 5.75 Å². The SMILES string of the molecule is Cc1ccc(C(C)C)c(OCCNCc2ccco2)c1.O=C(O)C(=O)O. The molecule has 0 amide bonds. The van der Waals surface area contributed by atoms with Gasteiger partial charge >= 0.3 is 11.9 Å². The molecule has 0 aliphatic rings. The van der Waals surface area contributed by atoms with Crippen molar-refractivity contribution in [2.45, 2.75) is 33.2 Å². The van der Waals surface area contributed by atoms with Crippen molar-refractivity contribution in [3.05, 3.63) is 53.5 Å². The summed E-state index contributed by atoms with van der Waals surface area (Å²) in [4.78, 5) is 18.2. The molecule has 7 nitrogen and oxygen atoms in total. The minimum atomic E-state index is -1.82. The number of aliphatic carboxylic acids is 2. The maximum absolute atomic E-state index is 9.10. The average Bonchev–Trinajstić information content (AvgIpc) is 3.08. The summed E-state index contributed by atoms with van der Waals surface area (Å²) in [6.07, 6.45) is 1.69. The summed E-state index contributed by atoms with van der Waals surface area (Å²) in [6, 6.07) is 10.3. The second-order valence-electron chi connectivity index (χ2n) is 5.91. The summed E-state index contributed by atoms with van der Waals surface area (Å²) < 4.78 is 11.2. The molecule has 0 fully saturated rings. The molecule has 1 aromatic carbocycles. The highest BCUT2D eigenvalue weighted by Crippen LogP contribution is 2.27. The molecule has 1 heterocycles. The molecule has 2 rings (SSSR count). The Morgan fingerprint density at radius 1 is 1.19 bits per heavy atom. The van der Waals surface area contributed by atoms with Gasteiger partial charge in [0.25, 0.3) is 0 Å². The number of nitrogens with one attached hydrogen (secondary N) is 1. The molecule has 1 aromatic heterocycles. The maximum Gasteiger partial charge on any atom is 0.414 e. The summed E-state index contributed by atoms with van der Waals surface area (Å²) in [5, 5.41) is 18.1. The molecule has 142 valence electrons. The van der Waals surface area contributed by atoms with Crippen molar-refractivity contribution < 1.29 is 29.0 Å². The first-order valence-corrected chi connectivity index (χ1v) is 8.24. The van der Waals surface area contributed by atoms with E-state index in [1.165, 1.54) is 11.1 Å². The molecule has 0 atom stereocenters. The lowest BCUT2D eigenvalue weighted by atomic mass is 10.0. The van der Waals surface area contributed by atoms with Crippen LogP contribution in [0.5, 0.6) is 5.75 Å². The Labute approximate surface area is 152 Å².